The van der Waals surface area contributed by atoms with Crippen molar-refractivity contribution in [1.82, 2.24) is 14.5 Å². The Balaban J connectivity index is 1.59. The number of carbonyl (C=O) groups is 1. The van der Waals surface area contributed by atoms with Crippen LogP contribution < -0.4 is 4.72 Å². The minimum atomic E-state index is -3.98. The van der Waals surface area contributed by atoms with Crippen molar-refractivity contribution in [3.8, 4) is 0 Å². The van der Waals surface area contributed by atoms with Gasteiger partial charge in [-0.25, -0.2) is 22.5 Å². The number of amides is 1. The van der Waals surface area contributed by atoms with Crippen LogP contribution in [0.4, 0.5) is 4.39 Å². The molecule has 0 spiro atoms. The van der Waals surface area contributed by atoms with Gasteiger partial charge in [-0.1, -0.05) is 30.3 Å². The van der Waals surface area contributed by atoms with Gasteiger partial charge in [0, 0.05) is 37.3 Å². The molecule has 0 radical (unpaired) electrons. The van der Waals surface area contributed by atoms with E-state index in [9.17, 15) is 17.6 Å². The Morgan fingerprint density at radius 1 is 1.14 bits per heavy atom. The summed E-state index contributed by atoms with van der Waals surface area (Å²) < 4.78 is 49.3. The highest BCUT2D eigenvalue weighted by Crippen LogP contribution is 2.39. The molecule has 1 N–H and O–H groups in total. The number of sulfonamides is 1. The summed E-state index contributed by atoms with van der Waals surface area (Å²) in [6.45, 7) is 7.81. The lowest BCUT2D eigenvalue weighted by atomic mass is 9.95. The number of hydrogen-bond acceptors (Lipinski definition) is 6. The number of likely N-dealkylation sites (N-methyl/N-ethyl adjacent to an activating group) is 1. The van der Waals surface area contributed by atoms with Crippen molar-refractivity contribution >= 4 is 22.0 Å². The average Bonchev–Trinajstić information content (AvgIpc) is 2.78. The molecular formula is C25H31FN4O4S. The highest BCUT2D eigenvalue weighted by molar-refractivity contribution is 7.90. The van der Waals surface area contributed by atoms with Crippen molar-refractivity contribution < 1.29 is 22.3 Å². The Kier molecular flexibility index (Phi) is 6.88. The second-order valence-corrected chi connectivity index (χ2v) is 11.4. The standard InChI is InChI=1S/C25H31FN4O4S/c1-17(20-10-5-6-11-21(20)26)27-24-28-35(32,33)22(25(2,3)34-24)18-8-7-9-19(16-18)23(31)30-14-12-29(4)13-15-30/h5-11,16-17,22H,12-15H2,1-4H3,(H,27,28)/t17-,22?/m0/s1. The first kappa shape index (κ1) is 25.1. The van der Waals surface area contributed by atoms with Gasteiger partial charge < -0.3 is 14.5 Å². The van der Waals surface area contributed by atoms with Crippen LogP contribution in [0.1, 0.15) is 53.5 Å². The van der Waals surface area contributed by atoms with Gasteiger partial charge >= 0.3 is 0 Å². The summed E-state index contributed by atoms with van der Waals surface area (Å²) in [5, 5.41) is -1.09. The van der Waals surface area contributed by atoms with Crippen LogP contribution in [0.25, 0.3) is 0 Å². The molecule has 2 heterocycles. The lowest BCUT2D eigenvalue weighted by Gasteiger charge is -2.39. The van der Waals surface area contributed by atoms with E-state index >= 15 is 0 Å². The largest absolute Gasteiger partial charge is 0.457 e. The monoisotopic (exact) mass is 502 g/mol. The molecule has 2 aromatic carbocycles. The number of benzene rings is 2. The summed E-state index contributed by atoms with van der Waals surface area (Å²) in [6, 6.07) is 12.0. The minimum Gasteiger partial charge on any atom is -0.457 e. The van der Waals surface area contributed by atoms with Crippen LogP contribution in [0.15, 0.2) is 53.5 Å². The number of carbonyl (C=O) groups excluding carboxylic acids is 1. The molecule has 8 nitrogen and oxygen atoms in total. The Morgan fingerprint density at radius 2 is 1.83 bits per heavy atom. The van der Waals surface area contributed by atoms with Crippen molar-refractivity contribution in [2.75, 3.05) is 33.2 Å². The fraction of sp³-hybridized carbons (Fsp3) is 0.440. The third-order valence-electron chi connectivity index (χ3n) is 6.42. The first-order valence-electron chi connectivity index (χ1n) is 11.6. The molecule has 4 rings (SSSR count). The Hall–Kier alpha value is -2.98. The van der Waals surface area contributed by atoms with Crippen LogP contribution in [0.5, 0.6) is 0 Å². The van der Waals surface area contributed by atoms with E-state index in [4.69, 9.17) is 4.74 Å². The normalized spacial score (nSPS) is 23.9. The van der Waals surface area contributed by atoms with Crippen LogP contribution in [0, 0.1) is 5.82 Å². The number of amidine groups is 1. The maximum absolute atomic E-state index is 14.2. The predicted molar refractivity (Wildman–Crippen MR) is 132 cm³/mol. The van der Waals surface area contributed by atoms with Crippen molar-refractivity contribution in [2.45, 2.75) is 37.7 Å². The Morgan fingerprint density at radius 3 is 2.49 bits per heavy atom. The van der Waals surface area contributed by atoms with Gasteiger partial charge in [0.25, 0.3) is 11.9 Å². The van der Waals surface area contributed by atoms with E-state index in [1.165, 1.54) is 6.07 Å². The number of piperazine rings is 1. The molecule has 0 aliphatic carbocycles. The molecule has 2 aliphatic heterocycles. The average molecular weight is 503 g/mol. The molecule has 1 amide bonds. The zero-order valence-corrected chi connectivity index (χ0v) is 21.2. The van der Waals surface area contributed by atoms with Gasteiger partial charge in [0.15, 0.2) is 0 Å². The summed E-state index contributed by atoms with van der Waals surface area (Å²) in [7, 11) is -1.96. The van der Waals surface area contributed by atoms with Gasteiger partial charge in [-0.3, -0.25) is 4.79 Å². The quantitative estimate of drug-likeness (QED) is 0.694. The number of rotatable bonds is 4. The summed E-state index contributed by atoms with van der Waals surface area (Å²) in [4.78, 5) is 21.3. The van der Waals surface area contributed by atoms with Crippen LogP contribution in [-0.2, 0) is 14.8 Å². The lowest BCUT2D eigenvalue weighted by molar-refractivity contribution is 0.0660. The molecule has 188 valence electrons. The molecule has 0 aromatic heterocycles. The van der Waals surface area contributed by atoms with Crippen LogP contribution in [0.2, 0.25) is 0 Å². The molecule has 2 aliphatic rings. The maximum atomic E-state index is 14.2. The van der Waals surface area contributed by atoms with Gasteiger partial charge in [0.05, 0.1) is 6.04 Å². The molecule has 2 atom stereocenters. The molecule has 0 bridgehead atoms. The summed E-state index contributed by atoms with van der Waals surface area (Å²) in [5.74, 6) is -0.553. The molecule has 0 saturated carbocycles. The van der Waals surface area contributed by atoms with E-state index in [1.54, 1.807) is 68.1 Å². The third-order valence-corrected chi connectivity index (χ3v) is 8.34. The van der Waals surface area contributed by atoms with E-state index in [0.29, 0.717) is 29.8 Å². The minimum absolute atomic E-state index is 0.124. The second kappa shape index (κ2) is 9.58. The van der Waals surface area contributed by atoms with E-state index in [1.807, 2.05) is 7.05 Å². The zero-order chi connectivity index (χ0) is 25.4. The van der Waals surface area contributed by atoms with Gasteiger partial charge in [0.1, 0.15) is 16.7 Å². The molecular weight excluding hydrogens is 471 g/mol. The number of nitrogens with zero attached hydrogens (tertiary/aromatic N) is 3. The zero-order valence-electron chi connectivity index (χ0n) is 20.4. The van der Waals surface area contributed by atoms with Crippen molar-refractivity contribution in [2.24, 2.45) is 4.99 Å². The molecule has 10 heteroatoms. The SMILES string of the molecule is C[C@H](N=C1NS(=O)(=O)C(c2cccc(C(=O)N3CCN(C)CC3)c2)C(C)(C)O1)c1ccccc1F. The van der Waals surface area contributed by atoms with Gasteiger partial charge in [-0.2, -0.15) is 0 Å². The van der Waals surface area contributed by atoms with Crippen molar-refractivity contribution in [3.63, 3.8) is 0 Å². The lowest BCUT2D eigenvalue weighted by Crippen LogP contribution is -2.53. The third kappa shape index (κ3) is 5.33. The van der Waals surface area contributed by atoms with Crippen LogP contribution >= 0.6 is 0 Å². The van der Waals surface area contributed by atoms with E-state index in [0.717, 1.165) is 13.1 Å². The van der Waals surface area contributed by atoms with Crippen molar-refractivity contribution in [3.05, 3.63) is 71.0 Å². The smallest absolute Gasteiger partial charge is 0.299 e. The summed E-state index contributed by atoms with van der Waals surface area (Å²) in [5.41, 5.74) is 0.0140. The fourth-order valence-electron chi connectivity index (χ4n) is 4.60. The topological polar surface area (TPSA) is 91.3 Å². The molecule has 1 unspecified atom stereocenters. The molecule has 35 heavy (non-hydrogen) atoms. The predicted octanol–water partition coefficient (Wildman–Crippen LogP) is 3.10. The highest BCUT2D eigenvalue weighted by atomic mass is 32.2. The van der Waals surface area contributed by atoms with Crippen LogP contribution in [0.3, 0.4) is 0 Å². The van der Waals surface area contributed by atoms with Gasteiger partial charge in [-0.15, -0.1) is 0 Å². The van der Waals surface area contributed by atoms with Crippen LogP contribution in [-0.4, -0.2) is 69.0 Å². The van der Waals surface area contributed by atoms with Crippen molar-refractivity contribution in [1.29, 1.82) is 0 Å². The number of ether oxygens (including phenoxy) is 1. The molecule has 2 fully saturated rings. The maximum Gasteiger partial charge on any atom is 0.299 e. The first-order valence-corrected chi connectivity index (χ1v) is 13.1. The number of nitrogens with one attached hydrogen (secondary N) is 1. The van der Waals surface area contributed by atoms with E-state index in [2.05, 4.69) is 14.6 Å². The van der Waals surface area contributed by atoms with Gasteiger partial charge in [-0.05, 0) is 51.6 Å². The van der Waals surface area contributed by atoms with Gasteiger partial charge in [0.2, 0.25) is 10.0 Å². The summed E-state index contributed by atoms with van der Waals surface area (Å²) >= 11 is 0. The first-order chi connectivity index (χ1) is 16.5. The molecule has 2 saturated heterocycles. The highest BCUT2D eigenvalue weighted by Gasteiger charge is 2.48. The second-order valence-electron chi connectivity index (χ2n) is 9.59. The Labute approximate surface area is 205 Å². The number of halogens is 1. The number of hydrogen-bond donors (Lipinski definition) is 1. The number of aliphatic imine (C=N–C) groups is 1. The Bertz CT molecular complexity index is 1240. The van der Waals surface area contributed by atoms with E-state index < -0.39 is 32.7 Å². The fourth-order valence-corrected chi connectivity index (χ4v) is 6.35. The van der Waals surface area contributed by atoms with E-state index in [-0.39, 0.29) is 11.9 Å². The summed E-state index contributed by atoms with van der Waals surface area (Å²) in [6.07, 6.45) is 0. The molecule has 2 aromatic rings.